The molecule has 0 spiro atoms. The summed E-state index contributed by atoms with van der Waals surface area (Å²) in [6.45, 7) is 2.43. The quantitative estimate of drug-likeness (QED) is 0.163. The van der Waals surface area contributed by atoms with E-state index in [4.69, 9.17) is 28.4 Å². The maximum Gasteiger partial charge on any atom is 0.284 e. The molecule has 0 radical (unpaired) electrons. The lowest BCUT2D eigenvalue weighted by molar-refractivity contribution is -0.0207. The highest BCUT2D eigenvalue weighted by Crippen LogP contribution is 2.47. The SMILES string of the molecule is CCCOc1c(CC=CN(O)C(=O)c2ccc(F)cc2F)cc([C@@H]2CC[C@@H](c3cc(OC)c(OC)c(OC)c3)O2)cc1OC. The molecule has 4 rings (SSSR count). The number of halogens is 2. The summed E-state index contributed by atoms with van der Waals surface area (Å²) in [6, 6.07) is 10.1. The Bertz CT molecular complexity index is 1470. The minimum absolute atomic E-state index is 0.222. The molecule has 1 N–H and O–H groups in total. The van der Waals surface area contributed by atoms with Crippen LogP contribution >= 0.6 is 0 Å². The number of nitrogens with zero attached hydrogens (tertiary/aromatic N) is 1. The minimum Gasteiger partial charge on any atom is -0.493 e. The summed E-state index contributed by atoms with van der Waals surface area (Å²) in [5.41, 5.74) is 2.03. The van der Waals surface area contributed by atoms with Crippen LogP contribution in [0.25, 0.3) is 0 Å². The van der Waals surface area contributed by atoms with Gasteiger partial charge in [-0.1, -0.05) is 13.0 Å². The number of carbonyl (C=O) groups excluding carboxylic acids is 1. The number of methoxy groups -OCH3 is 4. The van der Waals surface area contributed by atoms with Gasteiger partial charge in [-0.2, -0.15) is 5.06 Å². The van der Waals surface area contributed by atoms with Gasteiger partial charge in [0, 0.05) is 17.8 Å². The Hall–Kier alpha value is -4.35. The molecular formula is C33H37F2NO8. The molecule has 9 nitrogen and oxygen atoms in total. The molecular weight excluding hydrogens is 576 g/mol. The fraction of sp³-hybridized carbons (Fsp3) is 0.364. The lowest BCUT2D eigenvalue weighted by Crippen LogP contribution is -2.22. The predicted octanol–water partition coefficient (Wildman–Crippen LogP) is 6.97. The molecule has 3 aromatic rings. The Morgan fingerprint density at radius 1 is 0.909 bits per heavy atom. The van der Waals surface area contributed by atoms with Crippen LogP contribution in [0.4, 0.5) is 8.78 Å². The van der Waals surface area contributed by atoms with Crippen LogP contribution in [0.15, 0.2) is 54.7 Å². The normalized spacial score (nSPS) is 16.2. The summed E-state index contributed by atoms with van der Waals surface area (Å²) < 4.78 is 62.0. The van der Waals surface area contributed by atoms with Gasteiger partial charge in [0.1, 0.15) is 11.6 Å². The van der Waals surface area contributed by atoms with Crippen molar-refractivity contribution in [1.29, 1.82) is 0 Å². The van der Waals surface area contributed by atoms with Gasteiger partial charge in [-0.05, 0) is 73.2 Å². The van der Waals surface area contributed by atoms with Crippen LogP contribution in [-0.2, 0) is 11.2 Å². The summed E-state index contributed by atoms with van der Waals surface area (Å²) in [6.07, 6.45) is 4.65. The van der Waals surface area contributed by atoms with E-state index in [0.29, 0.717) is 41.4 Å². The van der Waals surface area contributed by atoms with Crippen LogP contribution in [-0.4, -0.2) is 51.2 Å². The van der Waals surface area contributed by atoms with Crippen molar-refractivity contribution >= 4 is 5.91 Å². The first-order valence-electron chi connectivity index (χ1n) is 14.2. The number of hydrogen-bond donors (Lipinski definition) is 1. The molecule has 0 aliphatic carbocycles. The third kappa shape index (κ3) is 7.23. The third-order valence-electron chi connectivity index (χ3n) is 7.23. The number of amides is 1. The molecule has 1 heterocycles. The van der Waals surface area contributed by atoms with Crippen LogP contribution in [0.3, 0.4) is 0 Å². The van der Waals surface area contributed by atoms with Gasteiger partial charge < -0.3 is 28.4 Å². The van der Waals surface area contributed by atoms with E-state index in [1.54, 1.807) is 28.4 Å². The largest absolute Gasteiger partial charge is 0.493 e. The van der Waals surface area contributed by atoms with Crippen LogP contribution < -0.4 is 23.7 Å². The fourth-order valence-corrected chi connectivity index (χ4v) is 5.09. The molecule has 1 saturated heterocycles. The molecule has 1 aliphatic rings. The van der Waals surface area contributed by atoms with Crippen molar-refractivity contribution in [2.45, 2.75) is 44.8 Å². The molecule has 44 heavy (non-hydrogen) atoms. The smallest absolute Gasteiger partial charge is 0.284 e. The Morgan fingerprint density at radius 2 is 1.50 bits per heavy atom. The molecule has 236 valence electrons. The van der Waals surface area contributed by atoms with Gasteiger partial charge in [-0.3, -0.25) is 10.0 Å². The second-order valence-electron chi connectivity index (χ2n) is 10.1. The molecule has 2 atom stereocenters. The molecule has 1 aliphatic heterocycles. The van der Waals surface area contributed by atoms with Crippen molar-refractivity contribution in [2.75, 3.05) is 35.0 Å². The standard InChI is InChI=1S/C33H37F2NO8/c1-6-14-43-31-20(8-7-13-36(38)33(37)24-10-9-23(34)19-25(24)35)15-21(16-28(31)39-2)26-11-12-27(44-26)22-17-29(40-3)32(42-5)30(18-22)41-4/h7,9-10,13,15-19,26-27,38H,6,8,11-12,14H2,1-5H3/t26-,27-/m0/s1. The first-order chi connectivity index (χ1) is 21.2. The first kappa shape index (κ1) is 32.6. The summed E-state index contributed by atoms with van der Waals surface area (Å²) in [5, 5.41) is 10.5. The van der Waals surface area contributed by atoms with E-state index in [0.717, 1.165) is 54.3 Å². The lowest BCUT2D eigenvalue weighted by Gasteiger charge is -2.20. The fourth-order valence-electron chi connectivity index (χ4n) is 5.09. The molecule has 3 aromatic carbocycles. The molecule has 0 aromatic heterocycles. The van der Waals surface area contributed by atoms with Crippen molar-refractivity contribution in [3.63, 3.8) is 0 Å². The molecule has 11 heteroatoms. The number of carbonyl (C=O) groups is 1. The van der Waals surface area contributed by atoms with Gasteiger partial charge in [-0.25, -0.2) is 8.78 Å². The monoisotopic (exact) mass is 613 g/mol. The van der Waals surface area contributed by atoms with Crippen LogP contribution in [0.2, 0.25) is 0 Å². The second-order valence-corrected chi connectivity index (χ2v) is 10.1. The van der Waals surface area contributed by atoms with Gasteiger partial charge in [0.15, 0.2) is 23.0 Å². The third-order valence-corrected chi connectivity index (χ3v) is 7.23. The summed E-state index contributed by atoms with van der Waals surface area (Å²) in [5.74, 6) is -0.299. The van der Waals surface area contributed by atoms with Crippen molar-refractivity contribution < 1.29 is 47.2 Å². The maximum atomic E-state index is 14.1. The van der Waals surface area contributed by atoms with Crippen molar-refractivity contribution in [2.24, 2.45) is 0 Å². The zero-order valence-corrected chi connectivity index (χ0v) is 25.4. The number of rotatable bonds is 13. The average molecular weight is 614 g/mol. The van der Waals surface area contributed by atoms with E-state index in [-0.39, 0.29) is 23.7 Å². The molecule has 1 amide bonds. The summed E-state index contributed by atoms with van der Waals surface area (Å²) >= 11 is 0. The summed E-state index contributed by atoms with van der Waals surface area (Å²) in [7, 11) is 6.24. The first-order valence-corrected chi connectivity index (χ1v) is 14.2. The highest BCUT2D eigenvalue weighted by molar-refractivity contribution is 5.94. The minimum atomic E-state index is -1.07. The molecule has 0 bridgehead atoms. The van der Waals surface area contributed by atoms with E-state index in [1.165, 1.54) is 6.08 Å². The molecule has 0 saturated carbocycles. The van der Waals surface area contributed by atoms with Gasteiger partial charge >= 0.3 is 0 Å². The van der Waals surface area contributed by atoms with E-state index in [2.05, 4.69) is 0 Å². The number of hydrogen-bond acceptors (Lipinski definition) is 8. The van der Waals surface area contributed by atoms with Gasteiger partial charge in [0.05, 0.1) is 52.8 Å². The zero-order chi connectivity index (χ0) is 31.8. The molecule has 0 unspecified atom stereocenters. The Morgan fingerprint density at radius 3 is 2.05 bits per heavy atom. The number of ether oxygens (including phenoxy) is 6. The van der Waals surface area contributed by atoms with Crippen molar-refractivity contribution in [3.05, 3.63) is 88.6 Å². The van der Waals surface area contributed by atoms with Gasteiger partial charge in [0.2, 0.25) is 5.75 Å². The van der Waals surface area contributed by atoms with Crippen LogP contribution in [0.5, 0.6) is 28.7 Å². The van der Waals surface area contributed by atoms with E-state index >= 15 is 0 Å². The Labute approximate surface area is 255 Å². The highest BCUT2D eigenvalue weighted by Gasteiger charge is 2.31. The van der Waals surface area contributed by atoms with Gasteiger partial charge in [-0.15, -0.1) is 0 Å². The number of benzene rings is 3. The summed E-state index contributed by atoms with van der Waals surface area (Å²) in [4.78, 5) is 12.5. The zero-order valence-electron chi connectivity index (χ0n) is 25.4. The highest BCUT2D eigenvalue weighted by atomic mass is 19.1. The van der Waals surface area contributed by atoms with Crippen LogP contribution in [0.1, 0.15) is 65.4 Å². The molecule has 1 fully saturated rings. The van der Waals surface area contributed by atoms with Gasteiger partial charge in [0.25, 0.3) is 5.91 Å². The predicted molar refractivity (Wildman–Crippen MR) is 158 cm³/mol. The van der Waals surface area contributed by atoms with E-state index < -0.39 is 23.1 Å². The number of allylic oxidation sites excluding steroid dienone is 1. The Balaban J connectivity index is 1.58. The average Bonchev–Trinajstić information content (AvgIpc) is 3.53. The van der Waals surface area contributed by atoms with E-state index in [9.17, 15) is 18.8 Å². The van der Waals surface area contributed by atoms with E-state index in [1.807, 2.05) is 31.2 Å². The number of hydroxylamine groups is 2. The van der Waals surface area contributed by atoms with Crippen molar-refractivity contribution in [3.8, 4) is 28.7 Å². The lowest BCUT2D eigenvalue weighted by atomic mass is 9.99. The van der Waals surface area contributed by atoms with Crippen molar-refractivity contribution in [1.82, 2.24) is 5.06 Å². The topological polar surface area (TPSA) is 95.9 Å². The van der Waals surface area contributed by atoms with Crippen LogP contribution in [0, 0.1) is 11.6 Å². The second kappa shape index (κ2) is 14.9. The maximum absolute atomic E-state index is 14.1. The Kier molecular flexibility index (Phi) is 11.0.